The molecule has 1 unspecified atom stereocenters. The van der Waals surface area contributed by atoms with Gasteiger partial charge in [0.1, 0.15) is 0 Å². The van der Waals surface area contributed by atoms with Crippen LogP contribution in [0.25, 0.3) is 0 Å². The van der Waals surface area contributed by atoms with Crippen molar-refractivity contribution in [3.05, 3.63) is 0 Å². The molecule has 2 heteroatoms. The van der Waals surface area contributed by atoms with E-state index >= 15 is 0 Å². The van der Waals surface area contributed by atoms with Gasteiger partial charge in [-0.1, -0.05) is 39.5 Å². The molecule has 0 aromatic heterocycles. The van der Waals surface area contributed by atoms with Gasteiger partial charge in [0, 0.05) is 13.2 Å². The third kappa shape index (κ3) is 7.24. The Bertz CT molecular complexity index is 153. The molecular formula is C14H29NO. The van der Waals surface area contributed by atoms with Crippen molar-refractivity contribution in [2.45, 2.75) is 52.4 Å². The predicted octanol–water partition coefficient (Wildman–Crippen LogP) is 3.22. The summed E-state index contributed by atoms with van der Waals surface area (Å²) in [5.74, 6) is 1.65. The summed E-state index contributed by atoms with van der Waals surface area (Å²) in [6.07, 6.45) is 8.20. The number of nitrogens with one attached hydrogen (secondary N) is 1. The van der Waals surface area contributed by atoms with Crippen LogP contribution in [0.1, 0.15) is 52.4 Å². The lowest BCUT2D eigenvalue weighted by Gasteiger charge is -2.09. The van der Waals surface area contributed by atoms with Crippen LogP contribution in [0.2, 0.25) is 0 Å². The zero-order valence-corrected chi connectivity index (χ0v) is 11.1. The van der Waals surface area contributed by atoms with E-state index in [4.69, 9.17) is 4.74 Å². The van der Waals surface area contributed by atoms with Crippen molar-refractivity contribution in [2.75, 3.05) is 26.3 Å². The maximum Gasteiger partial charge on any atom is 0.0507 e. The van der Waals surface area contributed by atoms with E-state index in [9.17, 15) is 0 Å². The minimum atomic E-state index is 0.779. The van der Waals surface area contributed by atoms with Gasteiger partial charge in [-0.15, -0.1) is 0 Å². The molecule has 0 aromatic carbocycles. The summed E-state index contributed by atoms with van der Waals surface area (Å²) in [6.45, 7) is 8.92. The van der Waals surface area contributed by atoms with Crippen LogP contribution in [0.3, 0.4) is 0 Å². The molecule has 1 heterocycles. The fourth-order valence-corrected chi connectivity index (χ4v) is 2.21. The van der Waals surface area contributed by atoms with Crippen LogP contribution in [0, 0.1) is 11.8 Å². The van der Waals surface area contributed by atoms with E-state index in [0.29, 0.717) is 0 Å². The number of hydrogen-bond acceptors (Lipinski definition) is 2. The van der Waals surface area contributed by atoms with Crippen molar-refractivity contribution < 1.29 is 4.74 Å². The average molecular weight is 227 g/mol. The van der Waals surface area contributed by atoms with Crippen molar-refractivity contribution in [3.63, 3.8) is 0 Å². The molecule has 0 bridgehead atoms. The number of hydrogen-bond donors (Lipinski definition) is 1. The molecular weight excluding hydrogens is 198 g/mol. The molecule has 16 heavy (non-hydrogen) atoms. The Morgan fingerprint density at radius 2 is 2.00 bits per heavy atom. The molecule has 1 fully saturated rings. The van der Waals surface area contributed by atoms with Gasteiger partial charge in [0.2, 0.25) is 0 Å². The predicted molar refractivity (Wildman–Crippen MR) is 69.7 cm³/mol. The summed E-state index contributed by atoms with van der Waals surface area (Å²) in [5.41, 5.74) is 0. The highest BCUT2D eigenvalue weighted by atomic mass is 16.5. The van der Waals surface area contributed by atoms with Gasteiger partial charge < -0.3 is 10.1 Å². The Balaban J connectivity index is 1.74. The Morgan fingerprint density at radius 3 is 2.69 bits per heavy atom. The molecule has 96 valence electrons. The fourth-order valence-electron chi connectivity index (χ4n) is 2.21. The fraction of sp³-hybridized carbons (Fsp3) is 1.00. The maximum absolute atomic E-state index is 5.35. The minimum absolute atomic E-state index is 0.779. The minimum Gasteiger partial charge on any atom is -0.381 e. The lowest BCUT2D eigenvalue weighted by atomic mass is 10.0. The molecule has 1 saturated heterocycles. The third-order valence-corrected chi connectivity index (χ3v) is 3.34. The van der Waals surface area contributed by atoms with E-state index in [2.05, 4.69) is 19.2 Å². The number of unbranched alkanes of at least 4 members (excludes halogenated alkanes) is 3. The molecule has 0 radical (unpaired) electrons. The number of rotatable bonds is 9. The summed E-state index contributed by atoms with van der Waals surface area (Å²) in [5, 5.41) is 3.55. The van der Waals surface area contributed by atoms with Gasteiger partial charge in [-0.25, -0.2) is 0 Å². The van der Waals surface area contributed by atoms with Crippen LogP contribution in [0.15, 0.2) is 0 Å². The Kier molecular flexibility index (Phi) is 7.87. The molecule has 2 nitrogen and oxygen atoms in total. The van der Waals surface area contributed by atoms with Crippen LogP contribution in [0.4, 0.5) is 0 Å². The van der Waals surface area contributed by atoms with Gasteiger partial charge in [-0.05, 0) is 31.2 Å². The average Bonchev–Trinajstić information content (AvgIpc) is 2.74. The summed E-state index contributed by atoms with van der Waals surface area (Å²) < 4.78 is 5.35. The molecule has 1 aliphatic rings. The molecule has 1 rings (SSSR count). The zero-order chi connectivity index (χ0) is 11.6. The smallest absolute Gasteiger partial charge is 0.0507 e. The molecule has 1 N–H and O–H groups in total. The number of ether oxygens (including phenoxy) is 1. The second kappa shape index (κ2) is 9.00. The third-order valence-electron chi connectivity index (χ3n) is 3.34. The highest BCUT2D eigenvalue weighted by Crippen LogP contribution is 2.11. The van der Waals surface area contributed by atoms with E-state index in [0.717, 1.165) is 31.6 Å². The van der Waals surface area contributed by atoms with Crippen molar-refractivity contribution in [1.82, 2.24) is 5.32 Å². The molecule has 0 aliphatic carbocycles. The Labute approximate surface area is 101 Å². The molecule has 1 aliphatic heterocycles. The molecule has 1 atom stereocenters. The quantitative estimate of drug-likeness (QED) is 0.611. The van der Waals surface area contributed by atoms with Gasteiger partial charge >= 0.3 is 0 Å². The highest BCUT2D eigenvalue weighted by molar-refractivity contribution is 4.66. The van der Waals surface area contributed by atoms with Gasteiger partial charge in [0.25, 0.3) is 0 Å². The van der Waals surface area contributed by atoms with Gasteiger partial charge in [0.05, 0.1) is 6.61 Å². The first-order chi connectivity index (χ1) is 7.79. The molecule has 0 aromatic rings. The summed E-state index contributed by atoms with van der Waals surface area (Å²) in [7, 11) is 0. The highest BCUT2D eigenvalue weighted by Gasteiger charge is 2.14. The normalized spacial score (nSPS) is 20.8. The first-order valence-corrected chi connectivity index (χ1v) is 7.07. The van der Waals surface area contributed by atoms with Gasteiger partial charge in [0.15, 0.2) is 0 Å². The second-order valence-corrected chi connectivity index (χ2v) is 5.53. The SMILES string of the molecule is CC(C)CCCCCCNCC1CCOC1. The van der Waals surface area contributed by atoms with Gasteiger partial charge in [-0.3, -0.25) is 0 Å². The zero-order valence-electron chi connectivity index (χ0n) is 11.1. The van der Waals surface area contributed by atoms with Crippen molar-refractivity contribution in [2.24, 2.45) is 11.8 Å². The first kappa shape index (κ1) is 14.0. The van der Waals surface area contributed by atoms with Crippen LogP contribution in [-0.4, -0.2) is 26.3 Å². The van der Waals surface area contributed by atoms with Crippen LogP contribution in [0.5, 0.6) is 0 Å². The Hall–Kier alpha value is -0.0800. The van der Waals surface area contributed by atoms with Crippen molar-refractivity contribution in [1.29, 1.82) is 0 Å². The first-order valence-electron chi connectivity index (χ1n) is 7.07. The van der Waals surface area contributed by atoms with E-state index in [1.807, 2.05) is 0 Å². The van der Waals surface area contributed by atoms with E-state index in [-0.39, 0.29) is 0 Å². The largest absolute Gasteiger partial charge is 0.381 e. The lowest BCUT2D eigenvalue weighted by molar-refractivity contribution is 0.185. The van der Waals surface area contributed by atoms with Crippen LogP contribution in [-0.2, 0) is 4.74 Å². The maximum atomic E-state index is 5.35. The van der Waals surface area contributed by atoms with Crippen LogP contribution >= 0.6 is 0 Å². The second-order valence-electron chi connectivity index (χ2n) is 5.53. The monoisotopic (exact) mass is 227 g/mol. The molecule has 0 spiro atoms. The topological polar surface area (TPSA) is 21.3 Å². The molecule has 0 amide bonds. The summed E-state index contributed by atoms with van der Waals surface area (Å²) in [4.78, 5) is 0. The lowest BCUT2D eigenvalue weighted by Crippen LogP contribution is -2.23. The van der Waals surface area contributed by atoms with E-state index in [1.54, 1.807) is 0 Å². The van der Waals surface area contributed by atoms with E-state index in [1.165, 1.54) is 45.1 Å². The Morgan fingerprint density at radius 1 is 1.19 bits per heavy atom. The molecule has 0 saturated carbocycles. The standard InChI is InChI=1S/C14H29NO/c1-13(2)7-5-3-4-6-9-15-11-14-8-10-16-12-14/h13-15H,3-12H2,1-2H3. The van der Waals surface area contributed by atoms with E-state index < -0.39 is 0 Å². The van der Waals surface area contributed by atoms with Crippen molar-refractivity contribution >= 4 is 0 Å². The van der Waals surface area contributed by atoms with Crippen LogP contribution < -0.4 is 5.32 Å². The summed E-state index contributed by atoms with van der Waals surface area (Å²) >= 11 is 0. The summed E-state index contributed by atoms with van der Waals surface area (Å²) in [6, 6.07) is 0. The van der Waals surface area contributed by atoms with Crippen molar-refractivity contribution in [3.8, 4) is 0 Å². The van der Waals surface area contributed by atoms with Gasteiger partial charge in [-0.2, -0.15) is 0 Å².